The third-order valence-corrected chi connectivity index (χ3v) is 1.72. The van der Waals surface area contributed by atoms with Gasteiger partial charge in [0.25, 0.3) is 0 Å². The van der Waals surface area contributed by atoms with Crippen LogP contribution in [-0.4, -0.2) is 36.5 Å². The minimum atomic E-state index is 0.447. The van der Waals surface area contributed by atoms with E-state index in [4.69, 9.17) is 9.15 Å². The standard InChI is InChI=1S/C9H18N4O2/c1-3-10-7-8-12-13-9(15-8)11-5-6-14-4-2/h10H,3-7H2,1-2H3,(H,11,13). The number of hydrogen-bond donors (Lipinski definition) is 2. The molecule has 0 amide bonds. The smallest absolute Gasteiger partial charge is 0.315 e. The molecule has 86 valence electrons. The van der Waals surface area contributed by atoms with Gasteiger partial charge in [0.05, 0.1) is 13.2 Å². The van der Waals surface area contributed by atoms with Gasteiger partial charge >= 0.3 is 6.01 Å². The van der Waals surface area contributed by atoms with Crippen molar-refractivity contribution in [2.45, 2.75) is 20.4 Å². The molecule has 0 unspecified atom stereocenters. The molecule has 6 heteroatoms. The highest BCUT2D eigenvalue weighted by Crippen LogP contribution is 2.03. The summed E-state index contributed by atoms with van der Waals surface area (Å²) in [6.07, 6.45) is 0. The van der Waals surface area contributed by atoms with Gasteiger partial charge in [-0.15, -0.1) is 5.10 Å². The molecule has 0 saturated carbocycles. The first-order valence-electron chi connectivity index (χ1n) is 5.21. The van der Waals surface area contributed by atoms with Gasteiger partial charge in [0.2, 0.25) is 5.89 Å². The fourth-order valence-electron chi connectivity index (χ4n) is 1.00. The Morgan fingerprint density at radius 1 is 1.33 bits per heavy atom. The molecule has 0 radical (unpaired) electrons. The van der Waals surface area contributed by atoms with Crippen LogP contribution in [0.1, 0.15) is 19.7 Å². The molecule has 1 aromatic rings. The van der Waals surface area contributed by atoms with Gasteiger partial charge in [0, 0.05) is 13.2 Å². The monoisotopic (exact) mass is 214 g/mol. The molecular weight excluding hydrogens is 196 g/mol. The first-order chi connectivity index (χ1) is 7.36. The van der Waals surface area contributed by atoms with E-state index >= 15 is 0 Å². The lowest BCUT2D eigenvalue weighted by Gasteiger charge is -2.00. The summed E-state index contributed by atoms with van der Waals surface area (Å²) in [5.41, 5.74) is 0. The van der Waals surface area contributed by atoms with Crippen LogP contribution in [0.5, 0.6) is 0 Å². The molecule has 6 nitrogen and oxygen atoms in total. The lowest BCUT2D eigenvalue weighted by molar-refractivity contribution is 0.157. The normalized spacial score (nSPS) is 10.5. The van der Waals surface area contributed by atoms with E-state index < -0.39 is 0 Å². The highest BCUT2D eigenvalue weighted by molar-refractivity contribution is 5.16. The topological polar surface area (TPSA) is 72.2 Å². The Labute approximate surface area is 89.4 Å². The van der Waals surface area contributed by atoms with E-state index in [1.807, 2.05) is 13.8 Å². The third kappa shape index (κ3) is 4.75. The van der Waals surface area contributed by atoms with E-state index in [2.05, 4.69) is 20.8 Å². The number of ether oxygens (including phenoxy) is 1. The fourth-order valence-corrected chi connectivity index (χ4v) is 1.00. The second kappa shape index (κ2) is 7.19. The van der Waals surface area contributed by atoms with E-state index in [0.717, 1.165) is 13.2 Å². The zero-order valence-corrected chi connectivity index (χ0v) is 9.25. The molecule has 0 aliphatic carbocycles. The summed E-state index contributed by atoms with van der Waals surface area (Å²) >= 11 is 0. The van der Waals surface area contributed by atoms with Crippen LogP contribution in [0.3, 0.4) is 0 Å². The molecule has 1 rings (SSSR count). The van der Waals surface area contributed by atoms with Gasteiger partial charge in [0.15, 0.2) is 0 Å². The van der Waals surface area contributed by atoms with E-state index in [-0.39, 0.29) is 0 Å². The van der Waals surface area contributed by atoms with E-state index in [0.29, 0.717) is 31.6 Å². The highest BCUT2D eigenvalue weighted by atomic mass is 16.5. The van der Waals surface area contributed by atoms with Crippen molar-refractivity contribution in [1.82, 2.24) is 15.5 Å². The quantitative estimate of drug-likeness (QED) is 0.618. The van der Waals surface area contributed by atoms with E-state index in [1.165, 1.54) is 0 Å². The maximum Gasteiger partial charge on any atom is 0.315 e. The SMILES string of the molecule is CCNCc1nnc(NCCOCC)o1. The predicted octanol–water partition coefficient (Wildman–Crippen LogP) is 0.627. The van der Waals surface area contributed by atoms with Gasteiger partial charge in [-0.3, -0.25) is 0 Å². The Hall–Kier alpha value is -1.14. The molecule has 0 atom stereocenters. The molecule has 1 heterocycles. The summed E-state index contributed by atoms with van der Waals surface area (Å²) in [5.74, 6) is 0.593. The first-order valence-corrected chi connectivity index (χ1v) is 5.21. The van der Waals surface area contributed by atoms with Gasteiger partial charge in [-0.25, -0.2) is 0 Å². The van der Waals surface area contributed by atoms with Crippen LogP contribution in [0, 0.1) is 0 Å². The van der Waals surface area contributed by atoms with Crippen molar-refractivity contribution < 1.29 is 9.15 Å². The Bertz CT molecular complexity index is 264. The zero-order chi connectivity index (χ0) is 10.9. The van der Waals surface area contributed by atoms with Crippen molar-refractivity contribution in [3.05, 3.63) is 5.89 Å². The Morgan fingerprint density at radius 3 is 2.93 bits per heavy atom. The summed E-state index contributed by atoms with van der Waals surface area (Å²) in [6.45, 7) is 7.51. The average molecular weight is 214 g/mol. The molecule has 15 heavy (non-hydrogen) atoms. The zero-order valence-electron chi connectivity index (χ0n) is 9.25. The van der Waals surface area contributed by atoms with Crippen LogP contribution in [0.25, 0.3) is 0 Å². The number of rotatable bonds is 8. The van der Waals surface area contributed by atoms with Crippen LogP contribution in [0.4, 0.5) is 6.01 Å². The maximum atomic E-state index is 5.31. The molecule has 0 saturated heterocycles. The summed E-state index contributed by atoms with van der Waals surface area (Å²) in [6, 6.07) is 0.447. The molecule has 0 bridgehead atoms. The molecule has 0 aromatic carbocycles. The Kier molecular flexibility index (Phi) is 5.72. The molecule has 1 aromatic heterocycles. The van der Waals surface area contributed by atoms with Crippen molar-refractivity contribution in [3.8, 4) is 0 Å². The largest absolute Gasteiger partial charge is 0.407 e. The first kappa shape index (κ1) is 11.9. The summed E-state index contributed by atoms with van der Waals surface area (Å²) in [4.78, 5) is 0. The number of aromatic nitrogens is 2. The van der Waals surface area contributed by atoms with Crippen LogP contribution < -0.4 is 10.6 Å². The van der Waals surface area contributed by atoms with Crippen molar-refractivity contribution in [3.63, 3.8) is 0 Å². The van der Waals surface area contributed by atoms with Crippen LogP contribution in [0.2, 0.25) is 0 Å². The second-order valence-electron chi connectivity index (χ2n) is 2.90. The fraction of sp³-hybridized carbons (Fsp3) is 0.778. The molecule has 0 aliphatic heterocycles. The second-order valence-corrected chi connectivity index (χ2v) is 2.90. The lowest BCUT2D eigenvalue weighted by atomic mass is 10.6. The summed E-state index contributed by atoms with van der Waals surface area (Å²) in [7, 11) is 0. The number of hydrogen-bond acceptors (Lipinski definition) is 6. The van der Waals surface area contributed by atoms with Gasteiger partial charge in [0.1, 0.15) is 0 Å². The maximum absolute atomic E-state index is 5.31. The van der Waals surface area contributed by atoms with E-state index in [1.54, 1.807) is 0 Å². The van der Waals surface area contributed by atoms with Crippen LogP contribution >= 0.6 is 0 Å². The number of nitrogens with zero attached hydrogens (tertiary/aromatic N) is 2. The van der Waals surface area contributed by atoms with Crippen molar-refractivity contribution in [2.24, 2.45) is 0 Å². The number of nitrogens with one attached hydrogen (secondary N) is 2. The van der Waals surface area contributed by atoms with Crippen LogP contribution in [0.15, 0.2) is 4.42 Å². The highest BCUT2D eigenvalue weighted by Gasteiger charge is 2.03. The van der Waals surface area contributed by atoms with Gasteiger partial charge in [-0.1, -0.05) is 12.0 Å². The Morgan fingerprint density at radius 2 is 2.20 bits per heavy atom. The van der Waals surface area contributed by atoms with Gasteiger partial charge in [-0.05, 0) is 13.5 Å². The number of anilines is 1. The molecule has 0 aliphatic rings. The predicted molar refractivity (Wildman–Crippen MR) is 56.7 cm³/mol. The Balaban J connectivity index is 2.20. The lowest BCUT2D eigenvalue weighted by Crippen LogP contribution is -2.11. The van der Waals surface area contributed by atoms with Gasteiger partial charge < -0.3 is 19.8 Å². The van der Waals surface area contributed by atoms with Crippen molar-refractivity contribution >= 4 is 6.01 Å². The van der Waals surface area contributed by atoms with Gasteiger partial charge in [-0.2, -0.15) is 0 Å². The molecule has 0 fully saturated rings. The summed E-state index contributed by atoms with van der Waals surface area (Å²) in [5, 5.41) is 13.8. The molecule has 0 spiro atoms. The minimum absolute atomic E-state index is 0.447. The minimum Gasteiger partial charge on any atom is -0.407 e. The summed E-state index contributed by atoms with van der Waals surface area (Å²) < 4.78 is 10.5. The van der Waals surface area contributed by atoms with Crippen molar-refractivity contribution in [1.29, 1.82) is 0 Å². The van der Waals surface area contributed by atoms with E-state index in [9.17, 15) is 0 Å². The molecular formula is C9H18N4O2. The molecule has 2 N–H and O–H groups in total. The third-order valence-electron chi connectivity index (χ3n) is 1.72. The van der Waals surface area contributed by atoms with Crippen LogP contribution in [-0.2, 0) is 11.3 Å². The van der Waals surface area contributed by atoms with Crippen molar-refractivity contribution in [2.75, 3.05) is 31.6 Å². The average Bonchev–Trinajstić information content (AvgIpc) is 2.69.